The predicted molar refractivity (Wildman–Crippen MR) is 80.6 cm³/mol. The minimum Gasteiger partial charge on any atom is -0.476 e. The van der Waals surface area contributed by atoms with Crippen LogP contribution in [-0.2, 0) is 6.54 Å². The maximum atomic E-state index is 10.8. The van der Waals surface area contributed by atoms with Crippen molar-refractivity contribution >= 4 is 28.6 Å². The fourth-order valence-electron chi connectivity index (χ4n) is 2.60. The summed E-state index contributed by atoms with van der Waals surface area (Å²) in [6.07, 6.45) is 2.35. The fraction of sp³-hybridized carbons (Fsp3) is 0.429. The van der Waals surface area contributed by atoms with Crippen molar-refractivity contribution in [2.24, 2.45) is 0 Å². The molecule has 0 spiro atoms. The van der Waals surface area contributed by atoms with Crippen LogP contribution in [0, 0.1) is 0 Å². The van der Waals surface area contributed by atoms with Gasteiger partial charge in [0.05, 0.1) is 6.54 Å². The van der Waals surface area contributed by atoms with E-state index in [1.54, 1.807) is 16.7 Å². The number of carboxylic acids is 1. The van der Waals surface area contributed by atoms with Crippen LogP contribution in [0.1, 0.15) is 39.8 Å². The van der Waals surface area contributed by atoms with Gasteiger partial charge in [-0.05, 0) is 54.2 Å². The van der Waals surface area contributed by atoms with Crippen molar-refractivity contribution in [3.63, 3.8) is 0 Å². The van der Waals surface area contributed by atoms with E-state index >= 15 is 0 Å². The Hall–Kier alpha value is -1.24. The third kappa shape index (κ3) is 3.08. The van der Waals surface area contributed by atoms with Gasteiger partial charge in [-0.2, -0.15) is 11.3 Å². The minimum atomic E-state index is -0.941. The van der Waals surface area contributed by atoms with Gasteiger partial charge < -0.3 is 5.11 Å². The smallest absolute Gasteiger partial charge is 0.355 e. The first-order valence-corrected chi connectivity index (χ1v) is 8.47. The highest BCUT2D eigenvalue weighted by Gasteiger charge is 2.21. The molecular weight excluding hydrogens is 292 g/mol. The molecule has 20 heavy (non-hydrogen) atoms. The normalized spacial score (nSPS) is 17.4. The van der Waals surface area contributed by atoms with Gasteiger partial charge in [-0.3, -0.25) is 4.90 Å². The Balaban J connectivity index is 1.54. The van der Waals surface area contributed by atoms with Gasteiger partial charge in [-0.15, -0.1) is 11.3 Å². The molecule has 1 fully saturated rings. The molecule has 0 aromatic carbocycles. The molecule has 0 atom stereocenters. The van der Waals surface area contributed by atoms with Crippen LogP contribution in [0.2, 0.25) is 0 Å². The van der Waals surface area contributed by atoms with Gasteiger partial charge >= 0.3 is 5.97 Å². The Morgan fingerprint density at radius 2 is 2.20 bits per heavy atom. The van der Waals surface area contributed by atoms with Gasteiger partial charge in [0.1, 0.15) is 5.01 Å². The van der Waals surface area contributed by atoms with Crippen molar-refractivity contribution in [2.75, 3.05) is 13.1 Å². The summed E-state index contributed by atoms with van der Waals surface area (Å²) in [4.78, 5) is 17.3. The monoisotopic (exact) mass is 308 g/mol. The van der Waals surface area contributed by atoms with Crippen LogP contribution in [-0.4, -0.2) is 34.0 Å². The van der Waals surface area contributed by atoms with E-state index in [1.807, 2.05) is 0 Å². The third-order valence-electron chi connectivity index (χ3n) is 3.73. The van der Waals surface area contributed by atoms with Crippen molar-refractivity contribution in [3.8, 4) is 0 Å². The zero-order valence-electron chi connectivity index (χ0n) is 11.0. The number of thiazole rings is 1. The quantitative estimate of drug-likeness (QED) is 0.941. The van der Waals surface area contributed by atoms with Crippen LogP contribution in [0.3, 0.4) is 0 Å². The van der Waals surface area contributed by atoms with E-state index in [1.165, 1.54) is 29.7 Å². The number of rotatable bonds is 4. The molecule has 1 aliphatic heterocycles. The SMILES string of the molecule is O=C(O)c1csc(CN2CCC(c3ccsc3)CC2)n1. The van der Waals surface area contributed by atoms with E-state index in [-0.39, 0.29) is 5.69 Å². The van der Waals surface area contributed by atoms with Gasteiger partial charge in [0, 0.05) is 5.38 Å². The molecule has 0 unspecified atom stereocenters. The van der Waals surface area contributed by atoms with E-state index in [9.17, 15) is 4.79 Å². The molecule has 106 valence electrons. The molecule has 1 N–H and O–H groups in total. The number of hydrogen-bond acceptors (Lipinski definition) is 5. The van der Waals surface area contributed by atoms with E-state index in [4.69, 9.17) is 5.11 Å². The van der Waals surface area contributed by atoms with Crippen LogP contribution >= 0.6 is 22.7 Å². The molecular formula is C14H16N2O2S2. The van der Waals surface area contributed by atoms with E-state index in [0.717, 1.165) is 24.6 Å². The molecule has 1 saturated heterocycles. The number of aromatic nitrogens is 1. The summed E-state index contributed by atoms with van der Waals surface area (Å²) in [6.45, 7) is 2.89. The van der Waals surface area contributed by atoms with Gasteiger partial charge in [-0.1, -0.05) is 0 Å². The lowest BCUT2D eigenvalue weighted by Crippen LogP contribution is -2.32. The second kappa shape index (κ2) is 6.03. The number of likely N-dealkylation sites (tertiary alicyclic amines) is 1. The number of hydrogen-bond donors (Lipinski definition) is 1. The highest BCUT2D eigenvalue weighted by Crippen LogP contribution is 2.30. The number of thiophene rings is 1. The number of nitrogens with zero attached hydrogens (tertiary/aromatic N) is 2. The van der Waals surface area contributed by atoms with Gasteiger partial charge in [0.2, 0.25) is 0 Å². The van der Waals surface area contributed by atoms with Crippen LogP contribution in [0.5, 0.6) is 0 Å². The lowest BCUT2D eigenvalue weighted by molar-refractivity contribution is 0.0691. The lowest BCUT2D eigenvalue weighted by Gasteiger charge is -2.31. The summed E-state index contributed by atoms with van der Waals surface area (Å²) in [5.41, 5.74) is 1.63. The van der Waals surface area contributed by atoms with Gasteiger partial charge in [0.25, 0.3) is 0 Å². The van der Waals surface area contributed by atoms with Crippen molar-refractivity contribution in [3.05, 3.63) is 38.5 Å². The summed E-state index contributed by atoms with van der Waals surface area (Å²) in [5.74, 6) is -0.257. The maximum Gasteiger partial charge on any atom is 0.355 e. The summed E-state index contributed by atoms with van der Waals surface area (Å²) in [5, 5.41) is 15.8. The summed E-state index contributed by atoms with van der Waals surface area (Å²) < 4.78 is 0. The Morgan fingerprint density at radius 1 is 1.40 bits per heavy atom. The Labute approximate surface area is 125 Å². The first kappa shape index (κ1) is 13.7. The molecule has 6 heteroatoms. The zero-order chi connectivity index (χ0) is 13.9. The molecule has 4 nitrogen and oxygen atoms in total. The van der Waals surface area contributed by atoms with Crippen LogP contribution < -0.4 is 0 Å². The Kier molecular flexibility index (Phi) is 4.14. The average Bonchev–Trinajstić information content (AvgIpc) is 3.10. The molecule has 0 saturated carbocycles. The summed E-state index contributed by atoms with van der Waals surface area (Å²) in [6, 6.07) is 2.23. The number of carbonyl (C=O) groups is 1. The van der Waals surface area contributed by atoms with Crippen molar-refractivity contribution < 1.29 is 9.90 Å². The molecule has 0 bridgehead atoms. The highest BCUT2D eigenvalue weighted by molar-refractivity contribution is 7.09. The van der Waals surface area contributed by atoms with Gasteiger partial charge in [-0.25, -0.2) is 9.78 Å². The van der Waals surface area contributed by atoms with Crippen LogP contribution in [0.25, 0.3) is 0 Å². The third-order valence-corrected chi connectivity index (χ3v) is 5.27. The van der Waals surface area contributed by atoms with Crippen molar-refractivity contribution in [2.45, 2.75) is 25.3 Å². The number of carboxylic acid groups (broad SMARTS) is 1. The fourth-order valence-corrected chi connectivity index (χ4v) is 4.16. The second-order valence-corrected chi connectivity index (χ2v) is 6.76. The lowest BCUT2D eigenvalue weighted by atomic mass is 9.91. The molecule has 3 rings (SSSR count). The average molecular weight is 308 g/mol. The second-order valence-electron chi connectivity index (χ2n) is 5.04. The molecule has 1 aliphatic rings. The molecule has 0 amide bonds. The van der Waals surface area contributed by atoms with Crippen molar-refractivity contribution in [1.82, 2.24) is 9.88 Å². The Bertz CT molecular complexity index is 572. The minimum absolute atomic E-state index is 0.165. The highest BCUT2D eigenvalue weighted by atomic mass is 32.1. The number of aromatic carboxylic acids is 1. The first-order valence-electron chi connectivity index (χ1n) is 6.64. The predicted octanol–water partition coefficient (Wildman–Crippen LogP) is 3.28. The van der Waals surface area contributed by atoms with E-state index in [0.29, 0.717) is 5.92 Å². The van der Waals surface area contributed by atoms with Crippen LogP contribution in [0.4, 0.5) is 0 Å². The molecule has 0 aliphatic carbocycles. The molecule has 3 heterocycles. The first-order chi connectivity index (χ1) is 9.72. The summed E-state index contributed by atoms with van der Waals surface area (Å²) in [7, 11) is 0. The van der Waals surface area contributed by atoms with Crippen LogP contribution in [0.15, 0.2) is 22.2 Å². The topological polar surface area (TPSA) is 53.4 Å². The molecule has 0 radical (unpaired) electrons. The zero-order valence-corrected chi connectivity index (χ0v) is 12.6. The molecule has 2 aromatic rings. The van der Waals surface area contributed by atoms with Gasteiger partial charge in [0.15, 0.2) is 5.69 Å². The van der Waals surface area contributed by atoms with E-state index < -0.39 is 5.97 Å². The maximum absolute atomic E-state index is 10.8. The standard InChI is InChI=1S/C14H16N2O2S2/c17-14(18)12-9-20-13(15-12)7-16-4-1-10(2-5-16)11-3-6-19-8-11/h3,6,8-10H,1-2,4-5,7H2,(H,17,18). The molecule has 2 aromatic heterocycles. The largest absolute Gasteiger partial charge is 0.476 e. The number of piperidine rings is 1. The Morgan fingerprint density at radius 3 is 2.80 bits per heavy atom. The summed E-state index contributed by atoms with van der Waals surface area (Å²) >= 11 is 3.20. The van der Waals surface area contributed by atoms with Crippen molar-refractivity contribution in [1.29, 1.82) is 0 Å². The van der Waals surface area contributed by atoms with E-state index in [2.05, 4.69) is 26.7 Å².